The average molecular weight is 194 g/mol. The Bertz CT molecular complexity index is 225. The van der Waals surface area contributed by atoms with Gasteiger partial charge in [0.15, 0.2) is 0 Å². The zero-order chi connectivity index (χ0) is 11.1. The molecule has 0 bridgehead atoms. The van der Waals surface area contributed by atoms with Gasteiger partial charge in [-0.05, 0) is 37.2 Å². The highest BCUT2D eigenvalue weighted by atomic mass is 16.1. The molecule has 1 aliphatic rings. The SMILES string of the molecule is C=C(C)C1CCC(C=O)=CC1C.CC. The Balaban J connectivity index is 0.000000791. The smallest absolute Gasteiger partial charge is 0.145 e. The second-order valence-electron chi connectivity index (χ2n) is 3.71. The van der Waals surface area contributed by atoms with Crippen LogP contribution in [0.3, 0.4) is 0 Å². The predicted molar refractivity (Wildman–Crippen MR) is 62.2 cm³/mol. The fourth-order valence-corrected chi connectivity index (χ4v) is 1.92. The fraction of sp³-hybridized carbons (Fsp3) is 0.615. The Hall–Kier alpha value is -0.850. The van der Waals surface area contributed by atoms with Gasteiger partial charge in [0.2, 0.25) is 0 Å². The van der Waals surface area contributed by atoms with E-state index in [1.807, 2.05) is 13.8 Å². The van der Waals surface area contributed by atoms with Crippen molar-refractivity contribution in [2.24, 2.45) is 11.8 Å². The number of allylic oxidation sites excluding steroid dienone is 3. The Kier molecular flexibility index (Phi) is 6.18. The van der Waals surface area contributed by atoms with Gasteiger partial charge in [0.25, 0.3) is 0 Å². The summed E-state index contributed by atoms with van der Waals surface area (Å²) in [5.74, 6) is 1.06. The van der Waals surface area contributed by atoms with Crippen molar-refractivity contribution < 1.29 is 4.79 Å². The lowest BCUT2D eigenvalue weighted by atomic mass is 9.79. The summed E-state index contributed by atoms with van der Waals surface area (Å²) in [6.07, 6.45) is 5.06. The molecule has 1 heteroatoms. The summed E-state index contributed by atoms with van der Waals surface area (Å²) in [6.45, 7) is 12.2. The van der Waals surface area contributed by atoms with Gasteiger partial charge in [-0.1, -0.05) is 39.0 Å². The fourth-order valence-electron chi connectivity index (χ4n) is 1.92. The van der Waals surface area contributed by atoms with Crippen molar-refractivity contribution >= 4 is 6.29 Å². The van der Waals surface area contributed by atoms with Crippen LogP contribution in [0.2, 0.25) is 0 Å². The lowest BCUT2D eigenvalue weighted by molar-refractivity contribution is -0.105. The molecule has 2 unspecified atom stereocenters. The largest absolute Gasteiger partial charge is 0.298 e. The molecule has 2 atom stereocenters. The molecule has 0 aromatic heterocycles. The molecule has 0 aliphatic heterocycles. The molecule has 0 fully saturated rings. The van der Waals surface area contributed by atoms with E-state index in [0.717, 1.165) is 24.7 Å². The van der Waals surface area contributed by atoms with Crippen LogP contribution in [0.15, 0.2) is 23.8 Å². The molecule has 0 aromatic carbocycles. The summed E-state index contributed by atoms with van der Waals surface area (Å²) in [6, 6.07) is 0. The van der Waals surface area contributed by atoms with Crippen LogP contribution in [0.25, 0.3) is 0 Å². The molecule has 0 amide bonds. The van der Waals surface area contributed by atoms with E-state index >= 15 is 0 Å². The van der Waals surface area contributed by atoms with Gasteiger partial charge in [0.05, 0.1) is 0 Å². The minimum atomic E-state index is 0.483. The molecule has 80 valence electrons. The van der Waals surface area contributed by atoms with E-state index in [2.05, 4.69) is 26.5 Å². The van der Waals surface area contributed by atoms with E-state index in [4.69, 9.17) is 0 Å². The van der Waals surface area contributed by atoms with Crippen LogP contribution in [0.5, 0.6) is 0 Å². The minimum absolute atomic E-state index is 0.483. The Labute approximate surface area is 87.9 Å². The molecule has 0 radical (unpaired) electrons. The van der Waals surface area contributed by atoms with E-state index in [-0.39, 0.29) is 0 Å². The average Bonchev–Trinajstić information content (AvgIpc) is 2.20. The van der Waals surface area contributed by atoms with Gasteiger partial charge in [-0.2, -0.15) is 0 Å². The summed E-state index contributed by atoms with van der Waals surface area (Å²) in [4.78, 5) is 10.5. The van der Waals surface area contributed by atoms with Gasteiger partial charge in [-0.25, -0.2) is 0 Å². The van der Waals surface area contributed by atoms with Gasteiger partial charge < -0.3 is 0 Å². The summed E-state index contributed by atoms with van der Waals surface area (Å²) in [5.41, 5.74) is 2.20. The van der Waals surface area contributed by atoms with E-state index in [0.29, 0.717) is 11.8 Å². The number of carbonyl (C=O) groups is 1. The molecular weight excluding hydrogens is 172 g/mol. The molecule has 0 saturated carbocycles. The molecule has 1 rings (SSSR count). The van der Waals surface area contributed by atoms with E-state index < -0.39 is 0 Å². The predicted octanol–water partition coefficient (Wildman–Crippen LogP) is 3.76. The highest BCUT2D eigenvalue weighted by Gasteiger charge is 2.21. The van der Waals surface area contributed by atoms with Crippen LogP contribution in [-0.2, 0) is 4.79 Å². The topological polar surface area (TPSA) is 17.1 Å². The first-order valence-corrected chi connectivity index (χ1v) is 5.46. The zero-order valence-corrected chi connectivity index (χ0v) is 9.84. The molecule has 0 heterocycles. The summed E-state index contributed by atoms with van der Waals surface area (Å²) < 4.78 is 0. The van der Waals surface area contributed by atoms with Gasteiger partial charge in [0.1, 0.15) is 6.29 Å². The summed E-state index contributed by atoms with van der Waals surface area (Å²) in [7, 11) is 0. The Morgan fingerprint density at radius 3 is 2.50 bits per heavy atom. The molecule has 0 spiro atoms. The second-order valence-corrected chi connectivity index (χ2v) is 3.71. The molecule has 0 saturated heterocycles. The lowest BCUT2D eigenvalue weighted by Crippen LogP contribution is -2.16. The highest BCUT2D eigenvalue weighted by molar-refractivity contribution is 5.73. The maximum atomic E-state index is 10.5. The van der Waals surface area contributed by atoms with Crippen LogP contribution >= 0.6 is 0 Å². The van der Waals surface area contributed by atoms with Crippen molar-refractivity contribution in [1.82, 2.24) is 0 Å². The lowest BCUT2D eigenvalue weighted by Gasteiger charge is -2.26. The van der Waals surface area contributed by atoms with Crippen LogP contribution in [0.4, 0.5) is 0 Å². The molecule has 0 N–H and O–H groups in total. The second kappa shape index (κ2) is 6.58. The summed E-state index contributed by atoms with van der Waals surface area (Å²) in [5, 5.41) is 0. The molecule has 0 aromatic rings. The highest BCUT2D eigenvalue weighted by Crippen LogP contribution is 2.31. The van der Waals surface area contributed by atoms with Crippen molar-refractivity contribution in [2.75, 3.05) is 0 Å². The van der Waals surface area contributed by atoms with Gasteiger partial charge >= 0.3 is 0 Å². The number of carbonyl (C=O) groups excluding carboxylic acids is 1. The monoisotopic (exact) mass is 194 g/mol. The number of hydrogen-bond acceptors (Lipinski definition) is 1. The minimum Gasteiger partial charge on any atom is -0.298 e. The van der Waals surface area contributed by atoms with Gasteiger partial charge in [0, 0.05) is 0 Å². The van der Waals surface area contributed by atoms with Crippen LogP contribution < -0.4 is 0 Å². The van der Waals surface area contributed by atoms with Crippen molar-refractivity contribution in [2.45, 2.75) is 40.5 Å². The third-order valence-corrected chi connectivity index (χ3v) is 2.64. The Morgan fingerprint density at radius 2 is 2.14 bits per heavy atom. The van der Waals surface area contributed by atoms with E-state index in [1.165, 1.54) is 5.57 Å². The first-order chi connectivity index (χ1) is 6.65. The molecule has 1 aliphatic carbocycles. The van der Waals surface area contributed by atoms with Gasteiger partial charge in [-0.3, -0.25) is 4.79 Å². The molecule has 1 nitrogen and oxygen atoms in total. The van der Waals surface area contributed by atoms with Crippen molar-refractivity contribution in [3.8, 4) is 0 Å². The summed E-state index contributed by atoms with van der Waals surface area (Å²) >= 11 is 0. The number of aldehydes is 1. The number of rotatable bonds is 2. The van der Waals surface area contributed by atoms with Gasteiger partial charge in [-0.15, -0.1) is 0 Å². The van der Waals surface area contributed by atoms with E-state index in [1.54, 1.807) is 0 Å². The first-order valence-electron chi connectivity index (χ1n) is 5.46. The van der Waals surface area contributed by atoms with Crippen LogP contribution in [0, 0.1) is 11.8 Å². The maximum absolute atomic E-state index is 10.5. The molecule has 14 heavy (non-hydrogen) atoms. The third kappa shape index (κ3) is 3.49. The van der Waals surface area contributed by atoms with Crippen LogP contribution in [-0.4, -0.2) is 6.29 Å². The van der Waals surface area contributed by atoms with Crippen molar-refractivity contribution in [3.05, 3.63) is 23.8 Å². The van der Waals surface area contributed by atoms with Crippen molar-refractivity contribution in [3.63, 3.8) is 0 Å². The third-order valence-electron chi connectivity index (χ3n) is 2.64. The zero-order valence-electron chi connectivity index (χ0n) is 9.84. The van der Waals surface area contributed by atoms with Crippen molar-refractivity contribution in [1.29, 1.82) is 0 Å². The molecular formula is C13H22O. The standard InChI is InChI=1S/C11H16O.C2H6/c1-8(2)11-5-4-10(7-12)6-9(11)3;1-2/h6-7,9,11H,1,4-5H2,2-3H3;1-2H3. The van der Waals surface area contributed by atoms with E-state index in [9.17, 15) is 4.79 Å². The number of hydrogen-bond donors (Lipinski definition) is 0. The first kappa shape index (κ1) is 13.2. The van der Waals surface area contributed by atoms with Crippen LogP contribution in [0.1, 0.15) is 40.5 Å². The maximum Gasteiger partial charge on any atom is 0.145 e. The Morgan fingerprint density at radius 1 is 1.57 bits per heavy atom. The quantitative estimate of drug-likeness (QED) is 0.483. The normalized spacial score (nSPS) is 25.6.